The van der Waals surface area contributed by atoms with Gasteiger partial charge in [-0.2, -0.15) is 0 Å². The molecule has 0 unspecified atom stereocenters. The lowest BCUT2D eigenvalue weighted by Crippen LogP contribution is -2.19. The van der Waals surface area contributed by atoms with Crippen LogP contribution in [0.4, 0.5) is 0 Å². The number of benzene rings is 1. The minimum atomic E-state index is -0.948. The summed E-state index contributed by atoms with van der Waals surface area (Å²) in [6.07, 6.45) is 2.23. The van der Waals surface area contributed by atoms with Crippen molar-refractivity contribution in [3.63, 3.8) is 0 Å². The third-order valence-corrected chi connectivity index (χ3v) is 2.88. The van der Waals surface area contributed by atoms with Crippen LogP contribution >= 0.6 is 0 Å². The molecule has 2 rings (SSSR count). The van der Waals surface area contributed by atoms with Gasteiger partial charge < -0.3 is 15.0 Å². The summed E-state index contributed by atoms with van der Waals surface area (Å²) < 4.78 is 1.89. The van der Waals surface area contributed by atoms with Crippen molar-refractivity contribution in [2.75, 3.05) is 7.05 Å². The Bertz CT molecular complexity index is 601. The Balaban J connectivity index is 2.30. The van der Waals surface area contributed by atoms with Crippen molar-refractivity contribution >= 4 is 22.8 Å². The van der Waals surface area contributed by atoms with Crippen molar-refractivity contribution in [1.82, 2.24) is 9.88 Å². The second-order valence-corrected chi connectivity index (χ2v) is 4.01. The molecule has 94 valence electrons. The highest BCUT2D eigenvalue weighted by Crippen LogP contribution is 2.18. The van der Waals surface area contributed by atoms with Crippen LogP contribution in [0.1, 0.15) is 16.8 Å². The standard InChI is InChI=1S/C13H14N2O3/c1-14-12(16)5-7-15-6-4-9-2-3-10(13(17)18)8-11(9)15/h2-4,6,8H,5,7H2,1H3,(H,14,16)(H,17,18). The first kappa shape index (κ1) is 12.2. The Morgan fingerprint density at radius 1 is 1.33 bits per heavy atom. The average molecular weight is 246 g/mol. The lowest BCUT2D eigenvalue weighted by Gasteiger charge is -2.05. The van der Waals surface area contributed by atoms with E-state index in [0.29, 0.717) is 13.0 Å². The topological polar surface area (TPSA) is 71.3 Å². The SMILES string of the molecule is CNC(=O)CCn1ccc2ccc(C(=O)O)cc21. The molecule has 1 heterocycles. The molecule has 0 saturated heterocycles. The molecule has 1 aromatic heterocycles. The summed E-state index contributed by atoms with van der Waals surface area (Å²) in [5, 5.41) is 12.5. The number of nitrogens with one attached hydrogen (secondary N) is 1. The van der Waals surface area contributed by atoms with Gasteiger partial charge in [0.25, 0.3) is 0 Å². The molecule has 1 aromatic carbocycles. The first-order valence-electron chi connectivity index (χ1n) is 5.64. The lowest BCUT2D eigenvalue weighted by molar-refractivity contribution is -0.120. The molecule has 18 heavy (non-hydrogen) atoms. The number of rotatable bonds is 4. The number of aryl methyl sites for hydroxylation is 1. The van der Waals surface area contributed by atoms with Crippen molar-refractivity contribution < 1.29 is 14.7 Å². The Morgan fingerprint density at radius 3 is 2.78 bits per heavy atom. The van der Waals surface area contributed by atoms with E-state index in [-0.39, 0.29) is 11.5 Å². The van der Waals surface area contributed by atoms with Crippen LogP contribution < -0.4 is 5.32 Å². The van der Waals surface area contributed by atoms with E-state index in [2.05, 4.69) is 5.32 Å². The van der Waals surface area contributed by atoms with Crippen LogP contribution in [-0.4, -0.2) is 28.6 Å². The third-order valence-electron chi connectivity index (χ3n) is 2.88. The highest BCUT2D eigenvalue weighted by Gasteiger charge is 2.07. The van der Waals surface area contributed by atoms with Gasteiger partial charge in [0.2, 0.25) is 5.91 Å². The summed E-state index contributed by atoms with van der Waals surface area (Å²) in [5.41, 5.74) is 1.08. The van der Waals surface area contributed by atoms with Gasteiger partial charge in [-0.3, -0.25) is 4.79 Å². The Labute approximate surface area is 104 Å². The maximum absolute atomic E-state index is 11.2. The number of carbonyl (C=O) groups is 2. The first-order valence-corrected chi connectivity index (χ1v) is 5.64. The minimum absolute atomic E-state index is 0.0359. The van der Waals surface area contributed by atoms with Gasteiger partial charge >= 0.3 is 5.97 Å². The predicted molar refractivity (Wildman–Crippen MR) is 67.6 cm³/mol. The number of hydrogen-bond acceptors (Lipinski definition) is 2. The summed E-state index contributed by atoms with van der Waals surface area (Å²) in [5.74, 6) is -0.984. The van der Waals surface area contributed by atoms with E-state index in [4.69, 9.17) is 5.11 Å². The number of carbonyl (C=O) groups excluding carboxylic acids is 1. The van der Waals surface area contributed by atoms with Crippen LogP contribution in [0.25, 0.3) is 10.9 Å². The number of carboxylic acids is 1. The minimum Gasteiger partial charge on any atom is -0.478 e. The van der Waals surface area contributed by atoms with E-state index < -0.39 is 5.97 Å². The molecule has 0 radical (unpaired) electrons. The van der Waals surface area contributed by atoms with Crippen molar-refractivity contribution in [2.45, 2.75) is 13.0 Å². The van der Waals surface area contributed by atoms with Crippen molar-refractivity contribution in [1.29, 1.82) is 0 Å². The van der Waals surface area contributed by atoms with Gasteiger partial charge in [-0.15, -0.1) is 0 Å². The van der Waals surface area contributed by atoms with Gasteiger partial charge in [0, 0.05) is 31.7 Å². The predicted octanol–water partition coefficient (Wildman–Crippen LogP) is 1.48. The Kier molecular flexibility index (Phi) is 3.32. The number of amides is 1. The number of nitrogens with zero attached hydrogens (tertiary/aromatic N) is 1. The highest BCUT2D eigenvalue weighted by molar-refractivity contribution is 5.93. The van der Waals surface area contributed by atoms with Crippen molar-refractivity contribution in [2.24, 2.45) is 0 Å². The van der Waals surface area contributed by atoms with Crippen LogP contribution in [0.2, 0.25) is 0 Å². The molecule has 2 aromatic rings. The van der Waals surface area contributed by atoms with Gasteiger partial charge in [-0.05, 0) is 23.6 Å². The summed E-state index contributed by atoms with van der Waals surface area (Å²) in [6, 6.07) is 6.88. The zero-order chi connectivity index (χ0) is 13.1. The van der Waals surface area contributed by atoms with Gasteiger partial charge in [-0.1, -0.05) is 6.07 Å². The van der Waals surface area contributed by atoms with Gasteiger partial charge in [0.05, 0.1) is 5.56 Å². The van der Waals surface area contributed by atoms with E-state index in [1.165, 1.54) is 0 Å². The molecule has 5 nitrogen and oxygen atoms in total. The summed E-state index contributed by atoms with van der Waals surface area (Å²) >= 11 is 0. The smallest absolute Gasteiger partial charge is 0.335 e. The fraction of sp³-hybridized carbons (Fsp3) is 0.231. The summed E-state index contributed by atoms with van der Waals surface area (Å²) in [4.78, 5) is 22.1. The van der Waals surface area contributed by atoms with Gasteiger partial charge in [0.1, 0.15) is 0 Å². The van der Waals surface area contributed by atoms with Crippen molar-refractivity contribution in [3.05, 3.63) is 36.0 Å². The fourth-order valence-electron chi connectivity index (χ4n) is 1.86. The molecule has 2 N–H and O–H groups in total. The van der Waals surface area contributed by atoms with E-state index >= 15 is 0 Å². The highest BCUT2D eigenvalue weighted by atomic mass is 16.4. The molecule has 0 saturated carbocycles. The molecule has 0 bridgehead atoms. The van der Waals surface area contributed by atoms with Crippen molar-refractivity contribution in [3.8, 4) is 0 Å². The molecular formula is C13H14N2O3. The lowest BCUT2D eigenvalue weighted by atomic mass is 10.1. The Morgan fingerprint density at radius 2 is 2.11 bits per heavy atom. The second-order valence-electron chi connectivity index (χ2n) is 4.01. The normalized spacial score (nSPS) is 10.5. The summed E-state index contributed by atoms with van der Waals surface area (Å²) in [6.45, 7) is 0.534. The van der Waals surface area contributed by atoms with Crippen LogP contribution in [0, 0.1) is 0 Å². The van der Waals surface area contributed by atoms with Crippen LogP contribution in [-0.2, 0) is 11.3 Å². The van der Waals surface area contributed by atoms with Crippen LogP contribution in [0.5, 0.6) is 0 Å². The molecule has 0 spiro atoms. The van der Waals surface area contributed by atoms with Gasteiger partial charge in [0.15, 0.2) is 0 Å². The maximum atomic E-state index is 11.2. The second kappa shape index (κ2) is 4.91. The molecule has 0 aliphatic carbocycles. The van der Waals surface area contributed by atoms with Crippen LogP contribution in [0.15, 0.2) is 30.5 Å². The number of hydrogen-bond donors (Lipinski definition) is 2. The summed E-state index contributed by atoms with van der Waals surface area (Å²) in [7, 11) is 1.60. The maximum Gasteiger partial charge on any atom is 0.335 e. The zero-order valence-corrected chi connectivity index (χ0v) is 10.0. The number of carboxylic acid groups (broad SMARTS) is 1. The molecule has 1 amide bonds. The Hall–Kier alpha value is -2.30. The van der Waals surface area contributed by atoms with E-state index in [9.17, 15) is 9.59 Å². The quantitative estimate of drug-likeness (QED) is 0.858. The van der Waals surface area contributed by atoms with E-state index in [1.807, 2.05) is 16.8 Å². The largest absolute Gasteiger partial charge is 0.478 e. The molecular weight excluding hydrogens is 232 g/mol. The molecule has 0 aliphatic rings. The average Bonchev–Trinajstić information content (AvgIpc) is 2.78. The molecule has 0 fully saturated rings. The molecule has 0 aliphatic heterocycles. The van der Waals surface area contributed by atoms with Gasteiger partial charge in [-0.25, -0.2) is 4.79 Å². The zero-order valence-electron chi connectivity index (χ0n) is 10.0. The number of aromatic nitrogens is 1. The monoisotopic (exact) mass is 246 g/mol. The number of aromatic carboxylic acids is 1. The van der Waals surface area contributed by atoms with Crippen LogP contribution in [0.3, 0.4) is 0 Å². The number of fused-ring (bicyclic) bond motifs is 1. The van der Waals surface area contributed by atoms with E-state index in [1.54, 1.807) is 25.2 Å². The molecule has 5 heteroatoms. The first-order chi connectivity index (χ1) is 8.61. The van der Waals surface area contributed by atoms with E-state index in [0.717, 1.165) is 10.9 Å². The third kappa shape index (κ3) is 2.34. The fourth-order valence-corrected chi connectivity index (χ4v) is 1.86. The molecule has 0 atom stereocenters.